The van der Waals surface area contributed by atoms with E-state index in [1.54, 1.807) is 7.11 Å². The van der Waals surface area contributed by atoms with Crippen molar-refractivity contribution in [3.05, 3.63) is 23.8 Å². The first-order valence-corrected chi connectivity index (χ1v) is 7.52. The number of carbonyl (C=O) groups excluding carboxylic acids is 1. The van der Waals surface area contributed by atoms with Crippen LogP contribution >= 0.6 is 0 Å². The average Bonchev–Trinajstić information content (AvgIpc) is 2.54. The lowest BCUT2D eigenvalue weighted by Gasteiger charge is -2.03. The summed E-state index contributed by atoms with van der Waals surface area (Å²) in [5.41, 5.74) is 6.44. The van der Waals surface area contributed by atoms with Gasteiger partial charge >= 0.3 is 0 Å². The number of carbonyl (C=O) groups is 1. The molecule has 2 N–H and O–H groups in total. The van der Waals surface area contributed by atoms with E-state index in [0.29, 0.717) is 19.9 Å². The summed E-state index contributed by atoms with van der Waals surface area (Å²) in [5.74, 6) is 0. The third-order valence-electron chi connectivity index (χ3n) is 2.83. The number of allylic oxidation sites excluding steroid dienone is 2. The Hall–Kier alpha value is -1.17. The zero-order valence-corrected chi connectivity index (χ0v) is 13.1. The van der Waals surface area contributed by atoms with Crippen LogP contribution in [0.25, 0.3) is 0 Å². The van der Waals surface area contributed by atoms with E-state index in [1.165, 1.54) is 12.8 Å². The van der Waals surface area contributed by atoms with Gasteiger partial charge in [0.15, 0.2) is 0 Å². The molecule has 132 valence electrons. The molecule has 22 heavy (non-hydrogen) atoms. The Balaban J connectivity index is -0.000000321. The topological polar surface area (TPSA) is 70.8 Å². The summed E-state index contributed by atoms with van der Waals surface area (Å²) in [4.78, 5) is 9.77. The predicted molar refractivity (Wildman–Crippen MR) is 92.7 cm³/mol. The molecule has 0 atom stereocenters. The maximum atomic E-state index is 9.77. The van der Waals surface area contributed by atoms with Gasteiger partial charge in [0.25, 0.3) is 6.47 Å². The van der Waals surface area contributed by atoms with Gasteiger partial charge in [0.2, 0.25) is 0 Å². The molecule has 0 aliphatic heterocycles. The molecule has 0 spiro atoms. The van der Waals surface area contributed by atoms with Crippen LogP contribution < -0.4 is 5.73 Å². The molecule has 0 aromatic carbocycles. The second-order valence-corrected chi connectivity index (χ2v) is 4.68. The Morgan fingerprint density at radius 2 is 2.05 bits per heavy atom. The third kappa shape index (κ3) is 16.9. The maximum Gasteiger partial charge on any atom is 0.293 e. The van der Waals surface area contributed by atoms with Crippen LogP contribution in [0.1, 0.15) is 47.4 Å². The molecule has 0 unspecified atom stereocenters. The molecule has 0 saturated carbocycles. The molecule has 0 fully saturated rings. The lowest BCUT2D eigenvalue weighted by atomic mass is 10.1. The molecular weight excluding hydrogens is 282 g/mol. The number of ether oxygens (including phenoxy) is 3. The number of hydrogen-bond donors (Lipinski definition) is 1. The Bertz CT molecular complexity index is 288. The third-order valence-corrected chi connectivity index (χ3v) is 2.83. The van der Waals surface area contributed by atoms with Crippen molar-refractivity contribution in [2.45, 2.75) is 46.0 Å². The van der Waals surface area contributed by atoms with Crippen LogP contribution in [0.5, 0.6) is 0 Å². The summed E-state index contributed by atoms with van der Waals surface area (Å²) in [6.07, 6.45) is 13.0. The highest BCUT2D eigenvalue weighted by Crippen LogP contribution is 2.08. The fourth-order valence-electron chi connectivity index (χ4n) is 1.75. The van der Waals surface area contributed by atoms with E-state index in [0.717, 1.165) is 44.4 Å². The van der Waals surface area contributed by atoms with E-state index in [1.807, 2.05) is 6.08 Å². The summed E-state index contributed by atoms with van der Waals surface area (Å²) in [7, 11) is 1.63. The van der Waals surface area contributed by atoms with Crippen LogP contribution in [0, 0.1) is 0 Å². The number of unbranched alkanes of at least 4 members (excludes halogenated alkanes) is 3. The summed E-state index contributed by atoms with van der Waals surface area (Å²) in [6.45, 7) is 2.91. The Labute approximate surface area is 137 Å². The molecule has 0 aromatic rings. The predicted octanol–water partition coefficient (Wildman–Crippen LogP) is 3.44. The highest BCUT2D eigenvalue weighted by Gasteiger charge is 1.95. The van der Waals surface area contributed by atoms with Crippen molar-refractivity contribution >= 4 is 6.47 Å². The van der Waals surface area contributed by atoms with Gasteiger partial charge in [-0.3, -0.25) is 4.79 Å². The first-order chi connectivity index (χ1) is 10.3. The van der Waals surface area contributed by atoms with Crippen molar-refractivity contribution in [3.8, 4) is 0 Å². The zero-order valence-electron chi connectivity index (χ0n) is 13.1. The van der Waals surface area contributed by atoms with Gasteiger partial charge in [0.1, 0.15) is 13.4 Å². The Kier molecular flexibility index (Phi) is 20.8. The highest BCUT2D eigenvalue weighted by molar-refractivity contribution is 5.38. The largest absolute Gasteiger partial charge is 0.463 e. The normalized spacial score (nSPS) is 12.5. The smallest absolute Gasteiger partial charge is 0.293 e. The second kappa shape index (κ2) is 19.8. The van der Waals surface area contributed by atoms with Crippen molar-refractivity contribution in [1.29, 1.82) is 0 Å². The second-order valence-electron chi connectivity index (χ2n) is 4.68. The lowest BCUT2D eigenvalue weighted by Crippen LogP contribution is -2.00. The summed E-state index contributed by atoms with van der Waals surface area (Å²) in [6, 6.07) is 0. The molecule has 1 rings (SSSR count). The molecule has 5 nitrogen and oxygen atoms in total. The molecule has 0 saturated heterocycles. The maximum absolute atomic E-state index is 9.77. The van der Waals surface area contributed by atoms with Crippen LogP contribution in [0.3, 0.4) is 0 Å². The first kappa shape index (κ1) is 23.1. The van der Waals surface area contributed by atoms with Crippen molar-refractivity contribution < 1.29 is 20.4 Å². The lowest BCUT2D eigenvalue weighted by molar-refractivity contribution is -0.127. The van der Waals surface area contributed by atoms with Crippen LogP contribution in [-0.2, 0) is 19.0 Å². The van der Waals surface area contributed by atoms with Crippen LogP contribution in [-0.4, -0.2) is 40.1 Å². The molecule has 0 amide bonds. The van der Waals surface area contributed by atoms with E-state index in [-0.39, 0.29) is 8.85 Å². The van der Waals surface area contributed by atoms with Gasteiger partial charge in [-0.05, 0) is 37.8 Å². The van der Waals surface area contributed by atoms with Crippen LogP contribution in [0.4, 0.5) is 0 Å². The fraction of sp³-hybridized carbons (Fsp3) is 0.706. The molecule has 0 bridgehead atoms. The molecule has 5 heteroatoms. The quantitative estimate of drug-likeness (QED) is 0.359. The van der Waals surface area contributed by atoms with Crippen molar-refractivity contribution in [1.82, 2.24) is 0 Å². The van der Waals surface area contributed by atoms with Crippen molar-refractivity contribution in [2.24, 2.45) is 5.73 Å². The first-order valence-electron chi connectivity index (χ1n) is 7.52. The van der Waals surface area contributed by atoms with Gasteiger partial charge in [-0.2, -0.15) is 0 Å². The van der Waals surface area contributed by atoms with Gasteiger partial charge in [-0.25, -0.2) is 0 Å². The van der Waals surface area contributed by atoms with Crippen LogP contribution in [0.15, 0.2) is 23.8 Å². The summed E-state index contributed by atoms with van der Waals surface area (Å²) in [5, 5.41) is 0. The standard InChI is InChI=1S/C8H19NO2.C8H10O2.CH4.H2/c1-10-8-11-7-5-3-2-4-6-9;9-7-10-6-8-4-2-1-3-5-8;;/h2-9H2,1H3;2,4-5,7H,1,3,6H2;1H4;1H. The van der Waals surface area contributed by atoms with E-state index in [2.05, 4.69) is 16.9 Å². The molecular formula is C17H35NO4. The minimum absolute atomic E-state index is 0. The molecule has 0 aromatic heterocycles. The number of methoxy groups -OCH3 is 1. The number of rotatable bonds is 11. The van der Waals surface area contributed by atoms with E-state index in [9.17, 15) is 4.79 Å². The van der Waals surface area contributed by atoms with E-state index in [4.69, 9.17) is 15.2 Å². The van der Waals surface area contributed by atoms with Gasteiger partial charge < -0.3 is 19.9 Å². The minimum Gasteiger partial charge on any atom is -0.463 e. The minimum atomic E-state index is 0. The van der Waals surface area contributed by atoms with Gasteiger partial charge in [-0.15, -0.1) is 0 Å². The summed E-state index contributed by atoms with van der Waals surface area (Å²) >= 11 is 0. The van der Waals surface area contributed by atoms with Crippen LogP contribution in [0.2, 0.25) is 0 Å². The van der Waals surface area contributed by atoms with Gasteiger partial charge in [0, 0.05) is 15.1 Å². The van der Waals surface area contributed by atoms with Crippen molar-refractivity contribution in [3.63, 3.8) is 0 Å². The average molecular weight is 317 g/mol. The van der Waals surface area contributed by atoms with Gasteiger partial charge in [0.05, 0.1) is 0 Å². The highest BCUT2D eigenvalue weighted by atomic mass is 16.7. The molecule has 0 radical (unpaired) electrons. The van der Waals surface area contributed by atoms with Crippen molar-refractivity contribution in [2.75, 3.05) is 33.7 Å². The SMILES string of the molecule is C.COCOCCCCCCN.O=COCC1=CCCC=C1.[HH]. The monoisotopic (exact) mass is 317 g/mol. The fourth-order valence-corrected chi connectivity index (χ4v) is 1.75. The Morgan fingerprint density at radius 1 is 1.27 bits per heavy atom. The number of hydrogen-bond acceptors (Lipinski definition) is 5. The van der Waals surface area contributed by atoms with E-state index < -0.39 is 0 Å². The molecule has 0 heterocycles. The number of nitrogens with two attached hydrogens (primary N) is 1. The Morgan fingerprint density at radius 3 is 2.64 bits per heavy atom. The molecule has 1 aliphatic rings. The summed E-state index contributed by atoms with van der Waals surface area (Å²) < 4.78 is 14.4. The van der Waals surface area contributed by atoms with E-state index >= 15 is 0 Å². The zero-order chi connectivity index (χ0) is 15.6. The molecule has 1 aliphatic carbocycles. The van der Waals surface area contributed by atoms with Gasteiger partial charge in [-0.1, -0.05) is 38.5 Å².